The van der Waals surface area contributed by atoms with E-state index in [1.165, 1.54) is 10.8 Å². The van der Waals surface area contributed by atoms with Gasteiger partial charge in [-0.3, -0.25) is 4.40 Å². The predicted octanol–water partition coefficient (Wildman–Crippen LogP) is 4.60. The van der Waals surface area contributed by atoms with Gasteiger partial charge in [-0.1, -0.05) is 30.3 Å². The Bertz CT molecular complexity index is 1360. The summed E-state index contributed by atoms with van der Waals surface area (Å²) in [6, 6.07) is 21.0. The molecule has 0 saturated carbocycles. The molecule has 108 valence electrons. The van der Waals surface area contributed by atoms with E-state index in [1.807, 2.05) is 12.1 Å². The maximum atomic E-state index is 4.71. The summed E-state index contributed by atoms with van der Waals surface area (Å²) < 4.78 is 2.21. The first-order valence-electron chi connectivity index (χ1n) is 7.68. The van der Waals surface area contributed by atoms with Gasteiger partial charge in [0, 0.05) is 16.3 Å². The Hall–Kier alpha value is -3.27. The number of H-pyrrole nitrogens is 2. The van der Waals surface area contributed by atoms with Gasteiger partial charge in [-0.2, -0.15) is 0 Å². The van der Waals surface area contributed by atoms with E-state index < -0.39 is 0 Å². The van der Waals surface area contributed by atoms with Crippen LogP contribution in [-0.4, -0.2) is 19.4 Å². The van der Waals surface area contributed by atoms with Crippen LogP contribution < -0.4 is 0 Å². The van der Waals surface area contributed by atoms with Crippen molar-refractivity contribution in [3.05, 3.63) is 60.7 Å². The van der Waals surface area contributed by atoms with Crippen LogP contribution in [0.2, 0.25) is 0 Å². The molecule has 3 aromatic heterocycles. The Morgan fingerprint density at radius 2 is 1.61 bits per heavy atom. The molecular formula is C19H12N4. The van der Waals surface area contributed by atoms with Crippen molar-refractivity contribution in [3.8, 4) is 0 Å². The molecule has 6 rings (SSSR count). The minimum Gasteiger partial charge on any atom is -0.353 e. The van der Waals surface area contributed by atoms with Crippen molar-refractivity contribution in [1.82, 2.24) is 19.4 Å². The van der Waals surface area contributed by atoms with Crippen molar-refractivity contribution in [2.75, 3.05) is 0 Å². The molecule has 0 bridgehead atoms. The zero-order chi connectivity index (χ0) is 15.0. The van der Waals surface area contributed by atoms with E-state index in [0.29, 0.717) is 0 Å². The van der Waals surface area contributed by atoms with Crippen LogP contribution in [0.25, 0.3) is 49.7 Å². The van der Waals surface area contributed by atoms with Crippen LogP contribution in [0.4, 0.5) is 0 Å². The molecule has 0 spiro atoms. The fourth-order valence-corrected chi connectivity index (χ4v) is 3.69. The van der Waals surface area contributed by atoms with Gasteiger partial charge in [0.05, 0.1) is 27.6 Å². The summed E-state index contributed by atoms with van der Waals surface area (Å²) in [6.07, 6.45) is 0. The lowest BCUT2D eigenvalue weighted by Gasteiger charge is -1.97. The Balaban J connectivity index is 1.97. The Morgan fingerprint density at radius 3 is 2.61 bits per heavy atom. The molecule has 4 nitrogen and oxygen atoms in total. The molecule has 0 atom stereocenters. The zero-order valence-corrected chi connectivity index (χ0v) is 12.2. The number of para-hydroxylation sites is 3. The fourth-order valence-electron chi connectivity index (χ4n) is 3.69. The zero-order valence-electron chi connectivity index (χ0n) is 12.2. The highest BCUT2D eigenvalue weighted by molar-refractivity contribution is 6.16. The second-order valence-corrected chi connectivity index (χ2v) is 5.94. The van der Waals surface area contributed by atoms with Gasteiger partial charge in [0.2, 0.25) is 5.78 Å². The molecule has 2 N–H and O–H groups in total. The smallest absolute Gasteiger partial charge is 0.213 e. The second kappa shape index (κ2) is 3.73. The monoisotopic (exact) mass is 296 g/mol. The van der Waals surface area contributed by atoms with E-state index >= 15 is 0 Å². The van der Waals surface area contributed by atoms with Crippen LogP contribution in [0.3, 0.4) is 0 Å². The minimum atomic E-state index is 0.882. The SMILES string of the molecule is c1ccc2c(c1)nc1[nH]c3ccc4c5ccccc5[nH]c4c3n12. The molecule has 3 aromatic carbocycles. The number of benzene rings is 3. The van der Waals surface area contributed by atoms with E-state index in [2.05, 4.69) is 62.9 Å². The van der Waals surface area contributed by atoms with E-state index in [0.717, 1.165) is 38.9 Å². The lowest BCUT2D eigenvalue weighted by Crippen LogP contribution is -1.82. The molecule has 0 amide bonds. The van der Waals surface area contributed by atoms with Gasteiger partial charge < -0.3 is 9.97 Å². The number of hydrogen-bond donors (Lipinski definition) is 2. The maximum absolute atomic E-state index is 4.71. The van der Waals surface area contributed by atoms with Gasteiger partial charge in [0.15, 0.2) is 0 Å². The largest absolute Gasteiger partial charge is 0.353 e. The third-order valence-electron chi connectivity index (χ3n) is 4.69. The summed E-state index contributed by atoms with van der Waals surface area (Å²) in [5.74, 6) is 0.882. The lowest BCUT2D eigenvalue weighted by atomic mass is 10.1. The molecule has 0 aliphatic rings. The summed E-state index contributed by atoms with van der Waals surface area (Å²) in [5.41, 5.74) is 6.69. The number of fused-ring (bicyclic) bond motifs is 9. The molecule has 0 aliphatic carbocycles. The summed E-state index contributed by atoms with van der Waals surface area (Å²) >= 11 is 0. The van der Waals surface area contributed by atoms with Gasteiger partial charge in [-0.25, -0.2) is 4.98 Å². The van der Waals surface area contributed by atoms with Crippen molar-refractivity contribution < 1.29 is 0 Å². The third kappa shape index (κ3) is 1.29. The molecule has 0 radical (unpaired) electrons. The van der Waals surface area contributed by atoms with Crippen molar-refractivity contribution in [2.45, 2.75) is 0 Å². The van der Waals surface area contributed by atoms with Crippen LogP contribution in [0.5, 0.6) is 0 Å². The second-order valence-electron chi connectivity index (χ2n) is 5.94. The third-order valence-corrected chi connectivity index (χ3v) is 4.69. The first kappa shape index (κ1) is 11.3. The molecule has 23 heavy (non-hydrogen) atoms. The first-order valence-corrected chi connectivity index (χ1v) is 7.68. The number of rotatable bonds is 0. The summed E-state index contributed by atoms with van der Waals surface area (Å²) in [4.78, 5) is 11.7. The number of nitrogens with one attached hydrogen (secondary N) is 2. The Morgan fingerprint density at radius 1 is 0.739 bits per heavy atom. The van der Waals surface area contributed by atoms with Crippen molar-refractivity contribution >= 4 is 49.7 Å². The van der Waals surface area contributed by atoms with Crippen LogP contribution in [0, 0.1) is 0 Å². The molecule has 0 aliphatic heterocycles. The predicted molar refractivity (Wildman–Crippen MR) is 93.9 cm³/mol. The summed E-state index contributed by atoms with van der Waals surface area (Å²) in [6.45, 7) is 0. The van der Waals surface area contributed by atoms with Crippen molar-refractivity contribution in [2.24, 2.45) is 0 Å². The number of hydrogen-bond acceptors (Lipinski definition) is 1. The van der Waals surface area contributed by atoms with Crippen LogP contribution in [0.15, 0.2) is 60.7 Å². The maximum Gasteiger partial charge on any atom is 0.213 e. The van der Waals surface area contributed by atoms with E-state index in [1.54, 1.807) is 0 Å². The number of nitrogens with zero attached hydrogens (tertiary/aromatic N) is 2. The highest BCUT2D eigenvalue weighted by atomic mass is 15.1. The van der Waals surface area contributed by atoms with Gasteiger partial charge in [0.25, 0.3) is 0 Å². The normalized spacial score (nSPS) is 12.3. The summed E-state index contributed by atoms with van der Waals surface area (Å²) in [5, 5.41) is 2.50. The molecule has 0 saturated heterocycles. The molecular weight excluding hydrogens is 284 g/mol. The molecule has 4 heteroatoms. The Kier molecular flexibility index (Phi) is 1.84. The first-order chi connectivity index (χ1) is 11.4. The average Bonchev–Trinajstić information content (AvgIpc) is 3.22. The van der Waals surface area contributed by atoms with E-state index in [-0.39, 0.29) is 0 Å². The fraction of sp³-hybridized carbons (Fsp3) is 0. The Labute approximate surface area is 130 Å². The van der Waals surface area contributed by atoms with Gasteiger partial charge in [-0.05, 0) is 30.3 Å². The van der Waals surface area contributed by atoms with Crippen LogP contribution >= 0.6 is 0 Å². The van der Waals surface area contributed by atoms with Crippen LogP contribution in [0.1, 0.15) is 0 Å². The van der Waals surface area contributed by atoms with Crippen molar-refractivity contribution in [1.29, 1.82) is 0 Å². The highest BCUT2D eigenvalue weighted by Gasteiger charge is 2.15. The van der Waals surface area contributed by atoms with Gasteiger partial charge in [-0.15, -0.1) is 0 Å². The molecule has 6 aromatic rings. The molecule has 0 unspecified atom stereocenters. The summed E-state index contributed by atoms with van der Waals surface area (Å²) in [7, 11) is 0. The standard InChI is InChI=1S/C19H12N4/c1-2-6-13-11(5-1)12-9-10-15-18(17(12)20-13)23-16-8-4-3-7-14(16)21-19(23)22-15/h1-10,20H,(H,21,22). The average molecular weight is 296 g/mol. The quantitative estimate of drug-likeness (QED) is 0.423. The van der Waals surface area contributed by atoms with Gasteiger partial charge in [0.1, 0.15) is 0 Å². The van der Waals surface area contributed by atoms with Crippen LogP contribution in [-0.2, 0) is 0 Å². The number of aromatic nitrogens is 4. The van der Waals surface area contributed by atoms with E-state index in [4.69, 9.17) is 4.98 Å². The minimum absolute atomic E-state index is 0.882. The molecule has 0 fully saturated rings. The van der Waals surface area contributed by atoms with Gasteiger partial charge >= 0.3 is 0 Å². The van der Waals surface area contributed by atoms with E-state index in [9.17, 15) is 0 Å². The van der Waals surface area contributed by atoms with Crippen molar-refractivity contribution in [3.63, 3.8) is 0 Å². The highest BCUT2D eigenvalue weighted by Crippen LogP contribution is 2.33. The molecule has 3 heterocycles. The lowest BCUT2D eigenvalue weighted by molar-refractivity contribution is 1.28. The number of imidazole rings is 2. The topological polar surface area (TPSA) is 48.9 Å². The number of aromatic amines is 2.